The number of hydrogen-bond donors (Lipinski definition) is 3. The summed E-state index contributed by atoms with van der Waals surface area (Å²) in [6.07, 6.45) is 5.98. The molecule has 2 heterocycles. The Morgan fingerprint density at radius 2 is 2.07 bits per heavy atom. The number of aromatic nitrogens is 4. The van der Waals surface area contributed by atoms with Gasteiger partial charge >= 0.3 is 0 Å². The van der Waals surface area contributed by atoms with Crippen molar-refractivity contribution in [1.29, 1.82) is 0 Å². The van der Waals surface area contributed by atoms with Crippen LogP contribution in [-0.4, -0.2) is 38.6 Å². The molecule has 2 aromatic heterocycles. The van der Waals surface area contributed by atoms with Gasteiger partial charge in [-0.05, 0) is 18.2 Å². The molecule has 0 saturated heterocycles. The Morgan fingerprint density at radius 1 is 1.21 bits per heavy atom. The van der Waals surface area contributed by atoms with Crippen LogP contribution in [0.4, 0.5) is 17.2 Å². The van der Waals surface area contributed by atoms with E-state index in [0.29, 0.717) is 22.9 Å². The van der Waals surface area contributed by atoms with Crippen LogP contribution in [0.15, 0.2) is 61.7 Å². The van der Waals surface area contributed by atoms with E-state index in [9.17, 15) is 9.59 Å². The summed E-state index contributed by atoms with van der Waals surface area (Å²) in [5.41, 5.74) is 2.85. The topological polar surface area (TPSA) is 114 Å². The monoisotopic (exact) mass is 377 g/mol. The Hall–Kier alpha value is -4.01. The molecule has 2 amide bonds. The van der Waals surface area contributed by atoms with E-state index in [2.05, 4.69) is 37.6 Å². The maximum absolute atomic E-state index is 11.5. The lowest BCUT2D eigenvalue weighted by molar-refractivity contribution is -0.121. The van der Waals surface area contributed by atoms with E-state index in [1.807, 2.05) is 18.2 Å². The van der Waals surface area contributed by atoms with Crippen LogP contribution in [0.5, 0.6) is 0 Å². The van der Waals surface area contributed by atoms with E-state index in [1.165, 1.54) is 17.1 Å². The van der Waals surface area contributed by atoms with Gasteiger partial charge in [0.1, 0.15) is 18.7 Å². The van der Waals surface area contributed by atoms with E-state index in [0.717, 1.165) is 5.56 Å². The Bertz CT molecular complexity index is 1010. The van der Waals surface area contributed by atoms with E-state index in [1.54, 1.807) is 31.6 Å². The fourth-order valence-corrected chi connectivity index (χ4v) is 2.42. The van der Waals surface area contributed by atoms with Gasteiger partial charge in [0.25, 0.3) is 0 Å². The number of likely N-dealkylation sites (N-methyl/N-ethyl adjacent to an activating group) is 1. The zero-order chi connectivity index (χ0) is 19.9. The molecule has 0 bridgehead atoms. The Kier molecular flexibility index (Phi) is 5.75. The molecule has 0 aliphatic rings. The normalized spacial score (nSPS) is 10.2. The molecule has 28 heavy (non-hydrogen) atoms. The molecule has 0 spiro atoms. The fourth-order valence-electron chi connectivity index (χ4n) is 2.42. The number of nitrogens with one attached hydrogen (secondary N) is 3. The minimum Gasteiger partial charge on any atom is -0.358 e. The second-order valence-corrected chi connectivity index (χ2v) is 5.79. The number of nitrogens with zero attached hydrogens (tertiary/aromatic N) is 4. The van der Waals surface area contributed by atoms with Crippen molar-refractivity contribution in [2.24, 2.45) is 0 Å². The summed E-state index contributed by atoms with van der Waals surface area (Å²) in [5, 5.41) is 12.5. The van der Waals surface area contributed by atoms with E-state index in [-0.39, 0.29) is 18.4 Å². The highest BCUT2D eigenvalue weighted by molar-refractivity contribution is 5.99. The summed E-state index contributed by atoms with van der Waals surface area (Å²) in [5.74, 6) is 0.156. The van der Waals surface area contributed by atoms with Gasteiger partial charge in [-0.2, -0.15) is 5.10 Å². The van der Waals surface area contributed by atoms with Crippen LogP contribution in [0.2, 0.25) is 0 Å². The highest BCUT2D eigenvalue weighted by atomic mass is 16.2. The SMILES string of the molecule is C=CC(=O)Nc1cccc(-c2cc(Nc3cnn(CC(=O)NC)c3)ncn2)c1. The zero-order valence-corrected chi connectivity index (χ0v) is 15.2. The van der Waals surface area contributed by atoms with Gasteiger partial charge in [-0.15, -0.1) is 0 Å². The van der Waals surface area contributed by atoms with Gasteiger partial charge in [-0.3, -0.25) is 14.3 Å². The van der Waals surface area contributed by atoms with Crippen molar-refractivity contribution in [3.05, 3.63) is 61.7 Å². The van der Waals surface area contributed by atoms with Gasteiger partial charge in [0, 0.05) is 30.6 Å². The second kappa shape index (κ2) is 8.58. The molecule has 0 saturated carbocycles. The van der Waals surface area contributed by atoms with Crippen molar-refractivity contribution in [3.8, 4) is 11.3 Å². The third kappa shape index (κ3) is 4.79. The molecular formula is C19H19N7O2. The lowest BCUT2D eigenvalue weighted by Gasteiger charge is -2.07. The summed E-state index contributed by atoms with van der Waals surface area (Å²) in [4.78, 5) is 31.4. The third-order valence-electron chi connectivity index (χ3n) is 3.77. The molecule has 3 aromatic rings. The summed E-state index contributed by atoms with van der Waals surface area (Å²) in [6, 6.07) is 9.09. The van der Waals surface area contributed by atoms with Crippen molar-refractivity contribution in [1.82, 2.24) is 25.1 Å². The molecule has 142 valence electrons. The standard InChI is InChI=1S/C19H19N7O2/c1-3-18(27)25-14-6-4-5-13(7-14)16-8-17(22-12-21-16)24-15-9-23-26(10-15)11-19(28)20-2/h3-10,12H,1,11H2,2H3,(H,20,28)(H,25,27)(H,21,22,24). The van der Waals surface area contributed by atoms with Gasteiger partial charge in [-0.1, -0.05) is 18.7 Å². The summed E-state index contributed by atoms with van der Waals surface area (Å²) >= 11 is 0. The third-order valence-corrected chi connectivity index (χ3v) is 3.77. The molecule has 3 rings (SSSR count). The number of rotatable bonds is 7. The van der Waals surface area contributed by atoms with E-state index < -0.39 is 0 Å². The summed E-state index contributed by atoms with van der Waals surface area (Å²) in [6.45, 7) is 3.58. The van der Waals surface area contributed by atoms with Crippen LogP contribution in [0.1, 0.15) is 0 Å². The first-order valence-corrected chi connectivity index (χ1v) is 8.43. The maximum atomic E-state index is 11.5. The van der Waals surface area contributed by atoms with Crippen molar-refractivity contribution >= 4 is 29.0 Å². The van der Waals surface area contributed by atoms with Crippen LogP contribution in [0.3, 0.4) is 0 Å². The van der Waals surface area contributed by atoms with Gasteiger partial charge in [0.05, 0.1) is 17.6 Å². The highest BCUT2D eigenvalue weighted by Crippen LogP contribution is 2.23. The van der Waals surface area contributed by atoms with Gasteiger partial charge in [0.15, 0.2) is 0 Å². The van der Waals surface area contributed by atoms with Crippen LogP contribution >= 0.6 is 0 Å². The lowest BCUT2D eigenvalue weighted by Crippen LogP contribution is -2.23. The largest absolute Gasteiger partial charge is 0.358 e. The molecule has 0 fully saturated rings. The molecule has 0 aliphatic heterocycles. The van der Waals surface area contributed by atoms with Crippen molar-refractivity contribution in [3.63, 3.8) is 0 Å². The van der Waals surface area contributed by atoms with Crippen molar-refractivity contribution in [2.75, 3.05) is 17.7 Å². The predicted octanol–water partition coefficient (Wildman–Crippen LogP) is 1.95. The molecule has 1 aromatic carbocycles. The minimum absolute atomic E-state index is 0.135. The van der Waals surface area contributed by atoms with Crippen LogP contribution in [0, 0.1) is 0 Å². The van der Waals surface area contributed by atoms with E-state index in [4.69, 9.17) is 0 Å². The molecule has 9 nitrogen and oxygen atoms in total. The van der Waals surface area contributed by atoms with Crippen molar-refractivity contribution < 1.29 is 9.59 Å². The molecule has 0 aliphatic carbocycles. The quantitative estimate of drug-likeness (QED) is 0.542. The second-order valence-electron chi connectivity index (χ2n) is 5.79. The molecular weight excluding hydrogens is 358 g/mol. The highest BCUT2D eigenvalue weighted by Gasteiger charge is 2.07. The Labute approximate surface area is 161 Å². The van der Waals surface area contributed by atoms with Crippen LogP contribution < -0.4 is 16.0 Å². The number of carbonyl (C=O) groups is 2. The first-order chi connectivity index (χ1) is 13.6. The van der Waals surface area contributed by atoms with Gasteiger partial charge in [-0.25, -0.2) is 9.97 Å². The number of benzene rings is 1. The number of amides is 2. The Morgan fingerprint density at radius 3 is 2.86 bits per heavy atom. The summed E-state index contributed by atoms with van der Waals surface area (Å²) < 4.78 is 1.52. The van der Waals surface area contributed by atoms with E-state index >= 15 is 0 Å². The molecule has 3 N–H and O–H groups in total. The maximum Gasteiger partial charge on any atom is 0.247 e. The average Bonchev–Trinajstić information content (AvgIpc) is 3.14. The molecule has 0 unspecified atom stereocenters. The van der Waals surface area contributed by atoms with Gasteiger partial charge < -0.3 is 16.0 Å². The number of carbonyl (C=O) groups excluding carboxylic acids is 2. The smallest absolute Gasteiger partial charge is 0.247 e. The molecule has 0 radical (unpaired) electrons. The van der Waals surface area contributed by atoms with Crippen LogP contribution in [0.25, 0.3) is 11.3 Å². The first kappa shape index (κ1) is 18.8. The molecule has 9 heteroatoms. The lowest BCUT2D eigenvalue weighted by atomic mass is 10.1. The fraction of sp³-hybridized carbons (Fsp3) is 0.105. The predicted molar refractivity (Wildman–Crippen MR) is 106 cm³/mol. The number of hydrogen-bond acceptors (Lipinski definition) is 6. The van der Waals surface area contributed by atoms with Gasteiger partial charge in [0.2, 0.25) is 11.8 Å². The number of anilines is 3. The molecule has 0 atom stereocenters. The first-order valence-electron chi connectivity index (χ1n) is 8.43. The van der Waals surface area contributed by atoms with Crippen LogP contribution in [-0.2, 0) is 16.1 Å². The zero-order valence-electron chi connectivity index (χ0n) is 15.2. The average molecular weight is 377 g/mol. The van der Waals surface area contributed by atoms with Crippen molar-refractivity contribution in [2.45, 2.75) is 6.54 Å². The Balaban J connectivity index is 1.76. The summed E-state index contributed by atoms with van der Waals surface area (Å²) in [7, 11) is 1.57. The minimum atomic E-state index is -0.282.